The number of rotatable bonds is 18. The summed E-state index contributed by atoms with van der Waals surface area (Å²) in [5, 5.41) is 0. The summed E-state index contributed by atoms with van der Waals surface area (Å²) in [6.45, 7) is 6.90. The lowest BCUT2D eigenvalue weighted by atomic mass is 10.0. The van der Waals surface area contributed by atoms with Crippen LogP contribution in [0.5, 0.6) is 0 Å². The van der Waals surface area contributed by atoms with Gasteiger partial charge in [0.2, 0.25) is 0 Å². The molecular formula is C29H45ClN+. The normalized spacial score (nSPS) is 11.7. The van der Waals surface area contributed by atoms with Crippen LogP contribution in [0.2, 0.25) is 0 Å². The Balaban J connectivity index is 1.90. The second kappa shape index (κ2) is 16.3. The number of nitrogens with zero attached hydrogens (tertiary/aromatic N) is 1. The second-order valence-electron chi connectivity index (χ2n) is 9.30. The number of quaternary nitrogens is 1. The van der Waals surface area contributed by atoms with Crippen molar-refractivity contribution in [1.29, 1.82) is 0 Å². The van der Waals surface area contributed by atoms with E-state index in [0.717, 1.165) is 36.4 Å². The molecule has 2 heteroatoms. The highest BCUT2D eigenvalue weighted by molar-refractivity contribution is 6.17. The maximum absolute atomic E-state index is 6.17. The van der Waals surface area contributed by atoms with E-state index in [0.29, 0.717) is 0 Å². The van der Waals surface area contributed by atoms with Crippen molar-refractivity contribution < 1.29 is 4.48 Å². The summed E-state index contributed by atoms with van der Waals surface area (Å²) in [4.78, 5) is 0. The van der Waals surface area contributed by atoms with Gasteiger partial charge in [0, 0.05) is 23.4 Å². The van der Waals surface area contributed by atoms with Crippen molar-refractivity contribution >= 4 is 11.6 Å². The molecule has 0 N–H and O–H groups in total. The Bertz CT molecular complexity index is 613. The van der Waals surface area contributed by atoms with Crippen LogP contribution in [0.15, 0.2) is 60.7 Å². The second-order valence-corrected chi connectivity index (χ2v) is 9.68. The third-order valence-corrected chi connectivity index (χ3v) is 6.74. The summed E-state index contributed by atoms with van der Waals surface area (Å²) in [6.07, 6.45) is 15.0. The minimum atomic E-state index is 0.752. The maximum Gasteiger partial charge on any atom is 0.105 e. The lowest BCUT2D eigenvalue weighted by Crippen LogP contribution is -2.48. The average molecular weight is 443 g/mol. The third-order valence-electron chi connectivity index (χ3n) is 6.47. The van der Waals surface area contributed by atoms with E-state index < -0.39 is 0 Å². The van der Waals surface area contributed by atoms with Crippen LogP contribution in [0, 0.1) is 0 Å². The van der Waals surface area contributed by atoms with Crippen molar-refractivity contribution in [3.05, 3.63) is 71.8 Å². The van der Waals surface area contributed by atoms with Crippen LogP contribution in [0.25, 0.3) is 0 Å². The van der Waals surface area contributed by atoms with Gasteiger partial charge in [0.25, 0.3) is 0 Å². The zero-order chi connectivity index (χ0) is 22.0. The van der Waals surface area contributed by atoms with Crippen LogP contribution in [-0.4, -0.2) is 23.5 Å². The SMILES string of the molecule is CCCCCCCCCCCC[N+](CCCCl)(Cc1ccccc1)Cc1ccccc1. The van der Waals surface area contributed by atoms with Crippen molar-refractivity contribution in [3.8, 4) is 0 Å². The number of halogens is 1. The van der Waals surface area contributed by atoms with Gasteiger partial charge in [-0.2, -0.15) is 0 Å². The first-order valence-corrected chi connectivity index (χ1v) is 13.3. The smallest absolute Gasteiger partial charge is 0.105 e. The number of unbranched alkanes of at least 4 members (excludes halogenated alkanes) is 9. The molecule has 0 unspecified atom stereocenters. The van der Waals surface area contributed by atoms with Crippen LogP contribution >= 0.6 is 11.6 Å². The molecule has 0 heterocycles. The number of alkyl halides is 1. The number of hydrogen-bond donors (Lipinski definition) is 0. The van der Waals surface area contributed by atoms with Crippen molar-refractivity contribution in [1.82, 2.24) is 0 Å². The molecule has 0 saturated carbocycles. The Morgan fingerprint density at radius 2 is 0.968 bits per heavy atom. The monoisotopic (exact) mass is 442 g/mol. The van der Waals surface area contributed by atoms with E-state index >= 15 is 0 Å². The van der Waals surface area contributed by atoms with Crippen molar-refractivity contribution in [3.63, 3.8) is 0 Å². The molecule has 31 heavy (non-hydrogen) atoms. The summed E-state index contributed by atoms with van der Waals surface area (Å²) in [5.41, 5.74) is 2.89. The Kier molecular flexibility index (Phi) is 13.7. The predicted molar refractivity (Wildman–Crippen MR) is 137 cm³/mol. The van der Waals surface area contributed by atoms with Crippen LogP contribution in [-0.2, 0) is 13.1 Å². The molecule has 2 aromatic carbocycles. The fourth-order valence-corrected chi connectivity index (χ4v) is 4.87. The van der Waals surface area contributed by atoms with Crippen molar-refractivity contribution in [2.24, 2.45) is 0 Å². The van der Waals surface area contributed by atoms with Crippen LogP contribution in [0.4, 0.5) is 0 Å². The molecule has 2 aromatic rings. The number of benzene rings is 2. The van der Waals surface area contributed by atoms with Gasteiger partial charge >= 0.3 is 0 Å². The van der Waals surface area contributed by atoms with Gasteiger partial charge in [-0.25, -0.2) is 0 Å². The first kappa shape index (κ1) is 25.9. The lowest BCUT2D eigenvalue weighted by molar-refractivity contribution is -0.953. The fraction of sp³-hybridized carbons (Fsp3) is 0.586. The molecule has 2 rings (SSSR count). The molecule has 0 aliphatic carbocycles. The van der Waals surface area contributed by atoms with Crippen molar-refractivity contribution in [2.45, 2.75) is 90.6 Å². The molecule has 1 nitrogen and oxygen atoms in total. The van der Waals surface area contributed by atoms with Gasteiger partial charge < -0.3 is 4.48 Å². The average Bonchev–Trinajstić information content (AvgIpc) is 2.80. The van der Waals surface area contributed by atoms with E-state index in [4.69, 9.17) is 11.6 Å². The Labute approximate surface area is 197 Å². The molecule has 0 aliphatic heterocycles. The molecule has 0 atom stereocenters. The molecule has 0 saturated heterocycles. The highest BCUT2D eigenvalue weighted by Gasteiger charge is 2.27. The van der Waals surface area contributed by atoms with Gasteiger partial charge in [0.1, 0.15) is 13.1 Å². The molecule has 172 valence electrons. The van der Waals surface area contributed by atoms with Crippen LogP contribution < -0.4 is 0 Å². The molecule has 0 amide bonds. The predicted octanol–water partition coefficient (Wildman–Crippen LogP) is 8.75. The molecule has 0 bridgehead atoms. The summed E-state index contributed by atoms with van der Waals surface area (Å²) in [5.74, 6) is 0.752. The molecule has 0 radical (unpaired) electrons. The molecule has 0 spiro atoms. The summed E-state index contributed by atoms with van der Waals surface area (Å²) < 4.78 is 1.12. The first-order chi connectivity index (χ1) is 15.3. The fourth-order valence-electron chi connectivity index (χ4n) is 4.76. The summed E-state index contributed by atoms with van der Waals surface area (Å²) in [7, 11) is 0. The van der Waals surface area contributed by atoms with E-state index in [1.54, 1.807) is 0 Å². The maximum atomic E-state index is 6.17. The van der Waals surface area contributed by atoms with Gasteiger partial charge in [0.15, 0.2) is 0 Å². The van der Waals surface area contributed by atoms with Gasteiger partial charge in [-0.15, -0.1) is 11.6 Å². The summed E-state index contributed by atoms with van der Waals surface area (Å²) in [6, 6.07) is 22.1. The Hall–Kier alpha value is -1.31. The van der Waals surface area contributed by atoms with Crippen LogP contribution in [0.3, 0.4) is 0 Å². The van der Waals surface area contributed by atoms with E-state index in [-0.39, 0.29) is 0 Å². The van der Waals surface area contributed by atoms with Crippen LogP contribution in [0.1, 0.15) is 88.7 Å². The minimum Gasteiger partial charge on any atom is -0.316 e. The van der Waals surface area contributed by atoms with Gasteiger partial charge in [0.05, 0.1) is 13.1 Å². The minimum absolute atomic E-state index is 0.752. The first-order valence-electron chi connectivity index (χ1n) is 12.8. The lowest BCUT2D eigenvalue weighted by Gasteiger charge is -2.39. The van der Waals surface area contributed by atoms with Gasteiger partial charge in [-0.3, -0.25) is 0 Å². The van der Waals surface area contributed by atoms with E-state index in [9.17, 15) is 0 Å². The largest absolute Gasteiger partial charge is 0.316 e. The summed E-state index contributed by atoms with van der Waals surface area (Å²) >= 11 is 6.17. The molecule has 0 aromatic heterocycles. The van der Waals surface area contributed by atoms with E-state index in [2.05, 4.69) is 67.6 Å². The van der Waals surface area contributed by atoms with E-state index in [1.807, 2.05) is 0 Å². The standard InChI is InChI=1S/C29H45ClN/c1-2-3-4-5-6-7-8-9-10-17-24-31(25-18-23-30,26-28-19-13-11-14-20-28)27-29-21-15-12-16-22-29/h11-16,19-22H,2-10,17-18,23-27H2,1H3/q+1. The zero-order valence-electron chi connectivity index (χ0n) is 19.9. The van der Waals surface area contributed by atoms with E-state index in [1.165, 1.54) is 81.9 Å². The highest BCUT2D eigenvalue weighted by Crippen LogP contribution is 2.23. The Morgan fingerprint density at radius 3 is 1.42 bits per heavy atom. The highest BCUT2D eigenvalue weighted by atomic mass is 35.5. The number of hydrogen-bond acceptors (Lipinski definition) is 0. The zero-order valence-corrected chi connectivity index (χ0v) is 20.7. The van der Waals surface area contributed by atoms with Gasteiger partial charge in [-0.05, 0) is 12.8 Å². The Morgan fingerprint density at radius 1 is 0.548 bits per heavy atom. The topological polar surface area (TPSA) is 0 Å². The quantitative estimate of drug-likeness (QED) is 0.123. The molecule has 0 fully saturated rings. The van der Waals surface area contributed by atoms with Crippen molar-refractivity contribution in [2.75, 3.05) is 19.0 Å². The molecular weight excluding hydrogens is 398 g/mol. The molecule has 0 aliphatic rings. The van der Waals surface area contributed by atoms with Gasteiger partial charge in [-0.1, -0.05) is 119 Å². The third kappa shape index (κ3) is 11.2.